The van der Waals surface area contributed by atoms with Crippen molar-refractivity contribution in [2.24, 2.45) is 11.7 Å². The van der Waals surface area contributed by atoms with Crippen molar-refractivity contribution < 1.29 is 4.79 Å². The van der Waals surface area contributed by atoms with E-state index in [-0.39, 0.29) is 17.9 Å². The maximum Gasteiger partial charge on any atom is 0.229 e. The summed E-state index contributed by atoms with van der Waals surface area (Å²) >= 11 is 7.01. The van der Waals surface area contributed by atoms with E-state index in [1.165, 1.54) is 6.42 Å². The molecule has 1 aliphatic carbocycles. The molecule has 1 fully saturated rings. The third-order valence-electron chi connectivity index (χ3n) is 3.84. The molecule has 20 heavy (non-hydrogen) atoms. The van der Waals surface area contributed by atoms with E-state index in [0.29, 0.717) is 0 Å². The van der Waals surface area contributed by atoms with E-state index in [0.717, 1.165) is 45.9 Å². The van der Waals surface area contributed by atoms with E-state index >= 15 is 0 Å². The highest BCUT2D eigenvalue weighted by Crippen LogP contribution is 2.33. The van der Waals surface area contributed by atoms with Gasteiger partial charge in [-0.15, -0.1) is 0 Å². The van der Waals surface area contributed by atoms with Crippen molar-refractivity contribution in [2.75, 3.05) is 5.32 Å². The normalized spacial score (nSPS) is 23.2. The molecular formula is C15H20Br2N2O. The number of amides is 1. The number of rotatable bonds is 2. The lowest BCUT2D eigenvalue weighted by Crippen LogP contribution is -2.37. The van der Waals surface area contributed by atoms with Crippen molar-refractivity contribution in [1.29, 1.82) is 0 Å². The molecule has 5 heteroatoms. The molecule has 1 aromatic carbocycles. The molecule has 0 saturated heterocycles. The molecule has 2 unspecified atom stereocenters. The van der Waals surface area contributed by atoms with Crippen molar-refractivity contribution >= 4 is 43.5 Å². The summed E-state index contributed by atoms with van der Waals surface area (Å²) in [5.74, 6) is -0.0535. The highest BCUT2D eigenvalue weighted by atomic mass is 79.9. The van der Waals surface area contributed by atoms with Crippen molar-refractivity contribution in [3.8, 4) is 0 Å². The summed E-state index contributed by atoms with van der Waals surface area (Å²) in [4.78, 5) is 12.5. The molecule has 110 valence electrons. The van der Waals surface area contributed by atoms with Crippen LogP contribution in [0.25, 0.3) is 0 Å². The van der Waals surface area contributed by atoms with E-state index in [9.17, 15) is 4.79 Å². The first-order valence-corrected chi connectivity index (χ1v) is 8.59. The summed E-state index contributed by atoms with van der Waals surface area (Å²) in [6.07, 6.45) is 5.21. The molecule has 2 atom stereocenters. The van der Waals surface area contributed by atoms with Crippen LogP contribution in [0.5, 0.6) is 0 Å². The summed E-state index contributed by atoms with van der Waals surface area (Å²) in [7, 11) is 0. The maximum atomic E-state index is 12.5. The van der Waals surface area contributed by atoms with Crippen LogP contribution in [-0.4, -0.2) is 11.9 Å². The fourth-order valence-corrected chi connectivity index (χ4v) is 4.31. The first-order chi connectivity index (χ1) is 9.49. The number of nitrogens with one attached hydrogen (secondary N) is 1. The van der Waals surface area contributed by atoms with Gasteiger partial charge in [-0.05, 0) is 69.3 Å². The Morgan fingerprint density at radius 1 is 1.20 bits per heavy atom. The van der Waals surface area contributed by atoms with Crippen molar-refractivity contribution in [3.05, 3.63) is 26.6 Å². The van der Waals surface area contributed by atoms with Gasteiger partial charge in [-0.25, -0.2) is 0 Å². The van der Waals surface area contributed by atoms with Crippen LogP contribution in [0.4, 0.5) is 5.69 Å². The van der Waals surface area contributed by atoms with Gasteiger partial charge in [0.05, 0.1) is 11.6 Å². The Hall–Kier alpha value is -0.390. The predicted octanol–water partition coefficient (Wildman–Crippen LogP) is 4.37. The molecule has 1 amide bonds. The van der Waals surface area contributed by atoms with Crippen LogP contribution in [0, 0.1) is 12.8 Å². The Balaban J connectivity index is 2.15. The molecule has 3 N–H and O–H groups in total. The summed E-state index contributed by atoms with van der Waals surface area (Å²) in [5, 5.41) is 3.02. The quantitative estimate of drug-likeness (QED) is 0.720. The number of aryl methyl sites for hydroxylation is 1. The van der Waals surface area contributed by atoms with Gasteiger partial charge in [-0.2, -0.15) is 0 Å². The molecule has 0 radical (unpaired) electrons. The summed E-state index contributed by atoms with van der Waals surface area (Å²) in [5.41, 5.74) is 8.07. The zero-order chi connectivity index (χ0) is 14.7. The van der Waals surface area contributed by atoms with Crippen LogP contribution >= 0.6 is 31.9 Å². The third kappa shape index (κ3) is 3.83. The lowest BCUT2D eigenvalue weighted by atomic mass is 9.94. The minimum atomic E-state index is -0.0856. The van der Waals surface area contributed by atoms with Gasteiger partial charge in [0.25, 0.3) is 0 Å². The number of benzene rings is 1. The Morgan fingerprint density at radius 3 is 2.45 bits per heavy atom. The second-order valence-corrected chi connectivity index (χ2v) is 7.21. The van der Waals surface area contributed by atoms with Crippen molar-refractivity contribution in [3.63, 3.8) is 0 Å². The van der Waals surface area contributed by atoms with E-state index in [2.05, 4.69) is 37.2 Å². The highest BCUT2D eigenvalue weighted by Gasteiger charge is 2.27. The molecular weight excluding hydrogens is 384 g/mol. The van der Waals surface area contributed by atoms with Crippen LogP contribution < -0.4 is 11.1 Å². The lowest BCUT2D eigenvalue weighted by Gasteiger charge is -2.21. The number of anilines is 1. The fourth-order valence-electron chi connectivity index (χ4n) is 2.70. The summed E-state index contributed by atoms with van der Waals surface area (Å²) in [6, 6.07) is 3.96. The van der Waals surface area contributed by atoms with Crippen LogP contribution in [0.15, 0.2) is 21.1 Å². The predicted molar refractivity (Wildman–Crippen MR) is 89.8 cm³/mol. The third-order valence-corrected chi connectivity index (χ3v) is 5.09. The molecule has 1 aromatic rings. The molecule has 1 aliphatic rings. The van der Waals surface area contributed by atoms with Gasteiger partial charge in [0.2, 0.25) is 5.91 Å². The molecule has 0 aromatic heterocycles. The molecule has 0 heterocycles. The standard InChI is InChI=1S/C15H20Br2N2O/c1-9-7-11(16)14(12(17)8-9)19-15(20)10-5-3-2-4-6-13(10)18/h7-8,10,13H,2-6,18H2,1H3,(H,19,20). The van der Waals surface area contributed by atoms with Crippen LogP contribution in [0.3, 0.4) is 0 Å². The fraction of sp³-hybridized carbons (Fsp3) is 0.533. The largest absolute Gasteiger partial charge is 0.327 e. The number of carbonyl (C=O) groups excluding carboxylic acids is 1. The molecule has 2 rings (SSSR count). The number of halogens is 2. The van der Waals surface area contributed by atoms with Crippen LogP contribution in [0.2, 0.25) is 0 Å². The zero-order valence-electron chi connectivity index (χ0n) is 11.6. The SMILES string of the molecule is Cc1cc(Br)c(NC(=O)C2CCCCCC2N)c(Br)c1. The first-order valence-electron chi connectivity index (χ1n) is 7.01. The smallest absolute Gasteiger partial charge is 0.229 e. The number of hydrogen-bond donors (Lipinski definition) is 2. The Kier molecular flexibility index (Phi) is 5.64. The Labute approximate surface area is 136 Å². The van der Waals surface area contributed by atoms with E-state index in [1.807, 2.05) is 19.1 Å². The van der Waals surface area contributed by atoms with E-state index in [4.69, 9.17) is 5.73 Å². The topological polar surface area (TPSA) is 55.1 Å². The van der Waals surface area contributed by atoms with Crippen LogP contribution in [0.1, 0.15) is 37.7 Å². The number of carbonyl (C=O) groups is 1. The highest BCUT2D eigenvalue weighted by molar-refractivity contribution is 9.11. The molecule has 0 spiro atoms. The maximum absolute atomic E-state index is 12.5. The second-order valence-electron chi connectivity index (χ2n) is 5.50. The van der Waals surface area contributed by atoms with Gasteiger partial charge >= 0.3 is 0 Å². The summed E-state index contributed by atoms with van der Waals surface area (Å²) < 4.78 is 1.78. The monoisotopic (exact) mass is 402 g/mol. The Morgan fingerprint density at radius 2 is 1.80 bits per heavy atom. The van der Waals surface area contributed by atoms with Gasteiger partial charge in [0.1, 0.15) is 0 Å². The molecule has 1 saturated carbocycles. The van der Waals surface area contributed by atoms with Gasteiger partial charge in [-0.3, -0.25) is 4.79 Å². The minimum Gasteiger partial charge on any atom is -0.327 e. The average molecular weight is 404 g/mol. The van der Waals surface area contributed by atoms with E-state index in [1.54, 1.807) is 0 Å². The van der Waals surface area contributed by atoms with E-state index < -0.39 is 0 Å². The van der Waals surface area contributed by atoms with Gasteiger partial charge < -0.3 is 11.1 Å². The van der Waals surface area contributed by atoms with Gasteiger partial charge in [-0.1, -0.05) is 19.3 Å². The van der Waals surface area contributed by atoms with Crippen LogP contribution in [-0.2, 0) is 4.79 Å². The second kappa shape index (κ2) is 7.05. The van der Waals surface area contributed by atoms with Crippen molar-refractivity contribution in [2.45, 2.75) is 45.1 Å². The van der Waals surface area contributed by atoms with Gasteiger partial charge in [0.15, 0.2) is 0 Å². The molecule has 0 bridgehead atoms. The summed E-state index contributed by atoms with van der Waals surface area (Å²) in [6.45, 7) is 2.02. The number of hydrogen-bond acceptors (Lipinski definition) is 2. The minimum absolute atomic E-state index is 0.0273. The Bertz CT molecular complexity index is 482. The molecule has 3 nitrogen and oxygen atoms in total. The first kappa shape index (κ1) is 16.0. The van der Waals surface area contributed by atoms with Crippen molar-refractivity contribution in [1.82, 2.24) is 0 Å². The zero-order valence-corrected chi connectivity index (χ0v) is 14.8. The number of nitrogens with two attached hydrogens (primary N) is 1. The van der Waals surface area contributed by atoms with Gasteiger partial charge in [0, 0.05) is 15.0 Å². The average Bonchev–Trinajstić information content (AvgIpc) is 2.58. The lowest BCUT2D eigenvalue weighted by molar-refractivity contribution is -0.120. The molecule has 0 aliphatic heterocycles.